The standard InChI is InChI=1S/C27H26F3NO6S/c28-27(29,30)24-14-12-21(31-38(35,36)23-7-2-1-3-8-23)18-20(24)10-13-22(32)16-17-37-25-9-5-4-6-19(25)11-15-26(33)34/h1-10,12-14,18,22,31-32H,11,15-17H2,(H,33,34)/b13-10+/t22-/m0/s1. The summed E-state index contributed by atoms with van der Waals surface area (Å²) in [6, 6.07) is 17.1. The minimum absolute atomic E-state index is 0.0264. The number of sulfonamides is 1. The van der Waals surface area contributed by atoms with E-state index in [1.165, 1.54) is 30.3 Å². The number of benzene rings is 3. The van der Waals surface area contributed by atoms with Crippen LogP contribution >= 0.6 is 0 Å². The van der Waals surface area contributed by atoms with Crippen molar-refractivity contribution < 1.29 is 41.3 Å². The molecule has 1 atom stereocenters. The van der Waals surface area contributed by atoms with E-state index in [2.05, 4.69) is 4.72 Å². The van der Waals surface area contributed by atoms with E-state index < -0.39 is 33.8 Å². The molecule has 3 aromatic carbocycles. The van der Waals surface area contributed by atoms with Gasteiger partial charge >= 0.3 is 12.1 Å². The summed E-state index contributed by atoms with van der Waals surface area (Å²) in [6.45, 7) is 0.0264. The first-order valence-corrected chi connectivity index (χ1v) is 13.0. The number of carbonyl (C=O) groups is 1. The number of hydrogen-bond donors (Lipinski definition) is 3. The van der Waals surface area contributed by atoms with Crippen molar-refractivity contribution in [2.24, 2.45) is 0 Å². The first-order valence-electron chi connectivity index (χ1n) is 11.5. The van der Waals surface area contributed by atoms with Crippen molar-refractivity contribution in [3.8, 4) is 5.75 Å². The third kappa shape index (κ3) is 8.35. The molecule has 38 heavy (non-hydrogen) atoms. The lowest BCUT2D eigenvalue weighted by Crippen LogP contribution is -2.14. The summed E-state index contributed by atoms with van der Waals surface area (Å²) >= 11 is 0. The summed E-state index contributed by atoms with van der Waals surface area (Å²) in [4.78, 5) is 10.8. The number of alkyl halides is 3. The zero-order valence-corrected chi connectivity index (χ0v) is 20.9. The Balaban J connectivity index is 1.70. The van der Waals surface area contributed by atoms with E-state index in [4.69, 9.17) is 9.84 Å². The molecule has 3 aromatic rings. The van der Waals surface area contributed by atoms with Gasteiger partial charge in [0.25, 0.3) is 10.0 Å². The monoisotopic (exact) mass is 549 g/mol. The van der Waals surface area contributed by atoms with E-state index in [1.54, 1.807) is 30.3 Å². The van der Waals surface area contributed by atoms with Gasteiger partial charge in [0, 0.05) is 18.5 Å². The van der Waals surface area contributed by atoms with Crippen LogP contribution in [0.4, 0.5) is 18.9 Å². The van der Waals surface area contributed by atoms with Crippen LogP contribution in [0.3, 0.4) is 0 Å². The fourth-order valence-corrected chi connectivity index (χ4v) is 4.60. The summed E-state index contributed by atoms with van der Waals surface area (Å²) < 4.78 is 73.7. The van der Waals surface area contributed by atoms with Crippen LogP contribution < -0.4 is 9.46 Å². The average Bonchev–Trinajstić information content (AvgIpc) is 2.86. The molecule has 0 saturated heterocycles. The lowest BCUT2D eigenvalue weighted by molar-refractivity contribution is -0.138. The van der Waals surface area contributed by atoms with E-state index in [9.17, 15) is 31.5 Å². The number of rotatable bonds is 12. The van der Waals surface area contributed by atoms with Gasteiger partial charge in [-0.15, -0.1) is 0 Å². The van der Waals surface area contributed by atoms with Crippen molar-refractivity contribution in [3.63, 3.8) is 0 Å². The van der Waals surface area contributed by atoms with Crippen LogP contribution in [-0.4, -0.2) is 37.3 Å². The molecular weight excluding hydrogens is 523 g/mol. The van der Waals surface area contributed by atoms with Crippen LogP contribution in [0.15, 0.2) is 83.8 Å². The first-order chi connectivity index (χ1) is 18.0. The Labute approximate surface area is 218 Å². The number of anilines is 1. The molecule has 0 aromatic heterocycles. The molecule has 3 rings (SSSR count). The van der Waals surface area contributed by atoms with E-state index in [1.807, 2.05) is 0 Å². The molecule has 11 heteroatoms. The van der Waals surface area contributed by atoms with Gasteiger partial charge in [-0.1, -0.05) is 48.6 Å². The van der Waals surface area contributed by atoms with Gasteiger partial charge in [0.05, 0.1) is 23.2 Å². The predicted molar refractivity (Wildman–Crippen MR) is 136 cm³/mol. The first kappa shape index (κ1) is 28.7. The number of nitrogens with one attached hydrogen (secondary N) is 1. The van der Waals surface area contributed by atoms with Gasteiger partial charge in [0.1, 0.15) is 5.75 Å². The van der Waals surface area contributed by atoms with Crippen molar-refractivity contribution in [2.45, 2.75) is 36.4 Å². The molecular formula is C27H26F3NO6S. The van der Waals surface area contributed by atoms with Crippen molar-refractivity contribution >= 4 is 27.8 Å². The van der Waals surface area contributed by atoms with Crippen LogP contribution in [0.2, 0.25) is 0 Å². The minimum Gasteiger partial charge on any atom is -0.493 e. The van der Waals surface area contributed by atoms with Crippen molar-refractivity contribution in [1.82, 2.24) is 0 Å². The second kappa shape index (κ2) is 12.6. The molecule has 0 bridgehead atoms. The average molecular weight is 550 g/mol. The lowest BCUT2D eigenvalue weighted by Gasteiger charge is -2.14. The normalized spacial score (nSPS) is 12.8. The number of aliphatic hydroxyl groups excluding tert-OH is 1. The van der Waals surface area contributed by atoms with Gasteiger partial charge in [0.15, 0.2) is 0 Å². The molecule has 0 heterocycles. The SMILES string of the molecule is O=C(O)CCc1ccccc1OCC[C@@H](O)/C=C/c1cc(NS(=O)(=O)c2ccccc2)ccc1C(F)(F)F. The quantitative estimate of drug-likeness (QED) is 0.280. The maximum atomic E-state index is 13.6. The number of carboxylic acid groups (broad SMARTS) is 1. The molecule has 0 aliphatic rings. The largest absolute Gasteiger partial charge is 0.493 e. The highest BCUT2D eigenvalue weighted by atomic mass is 32.2. The Hall–Kier alpha value is -3.83. The van der Waals surface area contributed by atoms with Gasteiger partial charge < -0.3 is 14.9 Å². The maximum absolute atomic E-state index is 13.6. The van der Waals surface area contributed by atoms with E-state index in [-0.39, 0.29) is 42.0 Å². The highest BCUT2D eigenvalue weighted by Crippen LogP contribution is 2.34. The van der Waals surface area contributed by atoms with Crippen LogP contribution in [0.5, 0.6) is 5.75 Å². The molecule has 0 aliphatic heterocycles. The van der Waals surface area contributed by atoms with Crippen LogP contribution in [0.25, 0.3) is 6.08 Å². The third-order valence-electron chi connectivity index (χ3n) is 5.41. The Kier molecular flexibility index (Phi) is 9.54. The summed E-state index contributed by atoms with van der Waals surface area (Å²) in [5.41, 5.74) is -0.709. The van der Waals surface area contributed by atoms with Crippen LogP contribution in [-0.2, 0) is 27.4 Å². The smallest absolute Gasteiger partial charge is 0.416 e. The van der Waals surface area contributed by atoms with Crippen molar-refractivity contribution in [2.75, 3.05) is 11.3 Å². The van der Waals surface area contributed by atoms with E-state index in [0.717, 1.165) is 24.3 Å². The fraction of sp³-hybridized carbons (Fsp3) is 0.222. The topological polar surface area (TPSA) is 113 Å². The van der Waals surface area contributed by atoms with Crippen LogP contribution in [0.1, 0.15) is 29.5 Å². The molecule has 0 radical (unpaired) electrons. The second-order valence-electron chi connectivity index (χ2n) is 8.28. The zero-order chi connectivity index (χ0) is 27.8. The number of ether oxygens (including phenoxy) is 1. The Morgan fingerprint density at radius 1 is 1.03 bits per heavy atom. The van der Waals surface area contributed by atoms with E-state index in [0.29, 0.717) is 11.3 Å². The van der Waals surface area contributed by atoms with Gasteiger partial charge in [0.2, 0.25) is 0 Å². The number of halogens is 3. The molecule has 0 amide bonds. The van der Waals surface area contributed by atoms with Crippen molar-refractivity contribution in [3.05, 3.63) is 95.6 Å². The second-order valence-corrected chi connectivity index (χ2v) is 9.97. The Morgan fingerprint density at radius 3 is 2.39 bits per heavy atom. The summed E-state index contributed by atoms with van der Waals surface area (Å²) in [6.07, 6.45) is -3.39. The lowest BCUT2D eigenvalue weighted by atomic mass is 10.0. The molecule has 3 N–H and O–H groups in total. The number of hydrogen-bond acceptors (Lipinski definition) is 5. The molecule has 0 saturated carbocycles. The van der Waals surface area contributed by atoms with Crippen molar-refractivity contribution in [1.29, 1.82) is 0 Å². The van der Waals surface area contributed by atoms with Gasteiger partial charge in [-0.05, 0) is 53.9 Å². The molecule has 0 aliphatic carbocycles. The molecule has 0 spiro atoms. The van der Waals surface area contributed by atoms with E-state index >= 15 is 0 Å². The van der Waals surface area contributed by atoms with Gasteiger partial charge in [-0.2, -0.15) is 13.2 Å². The highest BCUT2D eigenvalue weighted by molar-refractivity contribution is 7.92. The molecule has 0 fully saturated rings. The number of aliphatic hydroxyl groups is 1. The zero-order valence-electron chi connectivity index (χ0n) is 20.1. The van der Waals surface area contributed by atoms with Gasteiger partial charge in [-0.25, -0.2) is 8.42 Å². The number of aliphatic carboxylic acids is 1. The predicted octanol–water partition coefficient (Wildman–Crippen LogP) is 5.37. The summed E-state index contributed by atoms with van der Waals surface area (Å²) in [5.74, 6) is -0.488. The Bertz CT molecular complexity index is 1380. The third-order valence-corrected chi connectivity index (χ3v) is 6.81. The minimum atomic E-state index is -4.70. The summed E-state index contributed by atoms with van der Waals surface area (Å²) in [7, 11) is -4.01. The maximum Gasteiger partial charge on any atom is 0.416 e. The number of para-hydroxylation sites is 1. The molecule has 0 unspecified atom stereocenters. The summed E-state index contributed by atoms with van der Waals surface area (Å²) in [5, 5.41) is 19.2. The molecule has 202 valence electrons. The van der Waals surface area contributed by atoms with Gasteiger partial charge in [-0.3, -0.25) is 9.52 Å². The number of carboxylic acids is 1. The Morgan fingerprint density at radius 2 is 1.71 bits per heavy atom. The molecule has 7 nitrogen and oxygen atoms in total. The highest BCUT2D eigenvalue weighted by Gasteiger charge is 2.33. The fourth-order valence-electron chi connectivity index (χ4n) is 3.53. The van der Waals surface area contributed by atoms with Crippen LogP contribution in [0, 0.1) is 0 Å². The number of aryl methyl sites for hydroxylation is 1.